The summed E-state index contributed by atoms with van der Waals surface area (Å²) in [7, 11) is 0. The first-order valence-corrected chi connectivity index (χ1v) is 12.0. The average molecular weight is 557 g/mol. The fourth-order valence-electron chi connectivity index (χ4n) is 2.16. The number of ether oxygens (including phenoxy) is 3. The monoisotopic (exact) mass is 556 g/mol. The molecule has 9 heteroatoms. The zero-order valence-corrected chi connectivity index (χ0v) is 22.8. The van der Waals surface area contributed by atoms with Crippen LogP contribution in [0, 0.1) is 0 Å². The molecule has 0 aromatic heterocycles. The molecule has 0 heterocycles. The van der Waals surface area contributed by atoms with Gasteiger partial charge in [-0.05, 0) is 48.7 Å². The molecular formula is C30H33ClO8. The van der Waals surface area contributed by atoms with E-state index in [0.29, 0.717) is 11.1 Å². The van der Waals surface area contributed by atoms with E-state index in [1.54, 1.807) is 26.0 Å². The highest BCUT2D eigenvalue weighted by Gasteiger charge is 2.03. The summed E-state index contributed by atoms with van der Waals surface area (Å²) in [6.07, 6.45) is 5.99. The molecule has 0 aliphatic heterocycles. The minimum absolute atomic E-state index is 0.0244. The third kappa shape index (κ3) is 20.5. The van der Waals surface area contributed by atoms with Crippen molar-refractivity contribution < 1.29 is 38.5 Å². The van der Waals surface area contributed by atoms with Crippen molar-refractivity contribution in [1.29, 1.82) is 0 Å². The number of hydrogen-bond acceptors (Lipinski definition) is 8. The Morgan fingerprint density at radius 3 is 1.54 bits per heavy atom. The number of allylic oxidation sites excluding steroid dienone is 1. The molecule has 1 N–H and O–H groups in total. The van der Waals surface area contributed by atoms with Crippen molar-refractivity contribution in [3.05, 3.63) is 108 Å². The van der Waals surface area contributed by atoms with Crippen LogP contribution < -0.4 is 0 Å². The zero-order valence-electron chi connectivity index (χ0n) is 22.0. The third-order valence-corrected chi connectivity index (χ3v) is 4.13. The van der Waals surface area contributed by atoms with Crippen LogP contribution >= 0.6 is 11.6 Å². The maximum Gasteiger partial charge on any atom is 0.333 e. The second kappa shape index (κ2) is 21.8. The summed E-state index contributed by atoms with van der Waals surface area (Å²) >= 11 is 5.10. The lowest BCUT2D eigenvalue weighted by molar-refractivity contribution is -0.146. The zero-order chi connectivity index (χ0) is 29.5. The first kappa shape index (κ1) is 34.7. The molecule has 2 aromatic rings. The summed E-state index contributed by atoms with van der Waals surface area (Å²) in [6, 6.07) is 18.9. The van der Waals surface area contributed by atoms with Crippen LogP contribution in [0.4, 0.5) is 0 Å². The van der Waals surface area contributed by atoms with Gasteiger partial charge in [-0.3, -0.25) is 4.79 Å². The van der Waals surface area contributed by atoms with Crippen molar-refractivity contribution in [3.8, 4) is 0 Å². The number of aliphatic hydroxyl groups excluding tert-OH is 1. The van der Waals surface area contributed by atoms with E-state index >= 15 is 0 Å². The highest BCUT2D eigenvalue weighted by Crippen LogP contribution is 2.02. The molecule has 0 aliphatic carbocycles. The largest absolute Gasteiger partial charge is 0.460 e. The minimum atomic E-state index is -0.490. The summed E-state index contributed by atoms with van der Waals surface area (Å²) in [4.78, 5) is 43.1. The summed E-state index contributed by atoms with van der Waals surface area (Å²) in [6.45, 7) is 9.85. The molecule has 0 aliphatic rings. The Bertz CT molecular complexity index is 1120. The molecule has 0 fully saturated rings. The highest BCUT2D eigenvalue weighted by atomic mass is 35.5. The normalized spacial score (nSPS) is 9.85. The van der Waals surface area contributed by atoms with Gasteiger partial charge in [0.25, 0.3) is 0 Å². The Labute approximate surface area is 233 Å². The second-order valence-corrected chi connectivity index (χ2v) is 7.89. The van der Waals surface area contributed by atoms with Crippen molar-refractivity contribution in [2.24, 2.45) is 0 Å². The van der Waals surface area contributed by atoms with E-state index in [1.807, 2.05) is 60.7 Å². The van der Waals surface area contributed by atoms with E-state index < -0.39 is 23.2 Å². The lowest BCUT2D eigenvalue weighted by Crippen LogP contribution is -2.12. The molecule has 0 saturated carbocycles. The van der Waals surface area contributed by atoms with Crippen molar-refractivity contribution in [1.82, 2.24) is 0 Å². The SMILES string of the molecule is C=C(C)C(=O)OCCO.C=C(C)C(=O)OCCOC(=O)C=Cc1ccccc1.O=C(Cl)/C=C/c1ccccc1. The number of rotatable bonds is 11. The van der Waals surface area contributed by atoms with Gasteiger partial charge in [0.05, 0.1) is 6.61 Å². The summed E-state index contributed by atoms with van der Waals surface area (Å²) < 4.78 is 14.1. The maximum atomic E-state index is 11.3. The van der Waals surface area contributed by atoms with Crippen molar-refractivity contribution in [2.75, 3.05) is 26.4 Å². The smallest absolute Gasteiger partial charge is 0.333 e. The molecule has 8 nitrogen and oxygen atoms in total. The number of aliphatic hydroxyl groups is 1. The van der Waals surface area contributed by atoms with Gasteiger partial charge in [-0.1, -0.05) is 79.9 Å². The standard InChI is InChI=1S/C15H16O4.C9H7ClO.C6H10O3/c1-12(2)15(17)19-11-10-18-14(16)9-8-13-6-4-3-5-7-13;10-9(11)7-6-8-4-2-1-3-5-8;1-5(2)6(8)9-4-3-7/h3-9H,1,10-11H2,2H3;1-7H;7H,1,3-4H2,2H3/b;7-6+;. The number of esters is 3. The number of carbonyl (C=O) groups is 4. The van der Waals surface area contributed by atoms with Crippen LogP contribution in [0.5, 0.6) is 0 Å². The number of benzene rings is 2. The highest BCUT2D eigenvalue weighted by molar-refractivity contribution is 6.66. The fourth-order valence-corrected chi connectivity index (χ4v) is 2.23. The Balaban J connectivity index is 0.000000612. The predicted octanol–water partition coefficient (Wildman–Crippen LogP) is 4.93. The lowest BCUT2D eigenvalue weighted by atomic mass is 10.2. The van der Waals surface area contributed by atoms with Crippen molar-refractivity contribution in [2.45, 2.75) is 13.8 Å². The average Bonchev–Trinajstić information content (AvgIpc) is 2.93. The lowest BCUT2D eigenvalue weighted by Gasteiger charge is -2.04. The Morgan fingerprint density at radius 1 is 0.718 bits per heavy atom. The Kier molecular flexibility index (Phi) is 19.4. The van der Waals surface area contributed by atoms with Crippen LogP contribution in [0.3, 0.4) is 0 Å². The Hall–Kier alpha value is -4.27. The van der Waals surface area contributed by atoms with Gasteiger partial charge >= 0.3 is 17.9 Å². The second-order valence-electron chi connectivity index (χ2n) is 7.52. The van der Waals surface area contributed by atoms with E-state index in [-0.39, 0.29) is 26.4 Å². The molecular weight excluding hydrogens is 524 g/mol. The van der Waals surface area contributed by atoms with Crippen LogP contribution in [-0.4, -0.2) is 54.7 Å². The van der Waals surface area contributed by atoms with Gasteiger partial charge in [0.15, 0.2) is 0 Å². The number of carbonyl (C=O) groups excluding carboxylic acids is 4. The molecule has 0 atom stereocenters. The molecule has 0 saturated heterocycles. The third-order valence-electron chi connectivity index (χ3n) is 4.00. The van der Waals surface area contributed by atoms with Gasteiger partial charge in [-0.25, -0.2) is 14.4 Å². The molecule has 39 heavy (non-hydrogen) atoms. The summed E-state index contributed by atoms with van der Waals surface area (Å²) in [5.74, 6) is -1.42. The van der Waals surface area contributed by atoms with Gasteiger partial charge in [0.2, 0.25) is 5.24 Å². The molecule has 0 bridgehead atoms. The van der Waals surface area contributed by atoms with E-state index in [0.717, 1.165) is 11.1 Å². The Morgan fingerprint density at radius 2 is 1.13 bits per heavy atom. The fraction of sp³-hybridized carbons (Fsp3) is 0.200. The van der Waals surface area contributed by atoms with Crippen LogP contribution in [0.2, 0.25) is 0 Å². The maximum absolute atomic E-state index is 11.3. The van der Waals surface area contributed by atoms with E-state index in [2.05, 4.69) is 17.9 Å². The predicted molar refractivity (Wildman–Crippen MR) is 151 cm³/mol. The topological polar surface area (TPSA) is 116 Å². The molecule has 0 radical (unpaired) electrons. The van der Waals surface area contributed by atoms with E-state index in [4.69, 9.17) is 26.2 Å². The molecule has 0 amide bonds. The van der Waals surface area contributed by atoms with Crippen LogP contribution in [0.1, 0.15) is 25.0 Å². The summed E-state index contributed by atoms with van der Waals surface area (Å²) in [5.41, 5.74) is 2.55. The van der Waals surface area contributed by atoms with Gasteiger partial charge in [0.1, 0.15) is 19.8 Å². The minimum Gasteiger partial charge on any atom is -0.460 e. The first-order chi connectivity index (χ1) is 18.6. The number of hydrogen-bond donors (Lipinski definition) is 1. The van der Waals surface area contributed by atoms with Gasteiger partial charge in [-0.15, -0.1) is 0 Å². The van der Waals surface area contributed by atoms with Gasteiger partial charge in [0, 0.05) is 17.2 Å². The molecule has 0 spiro atoms. The number of halogens is 1. The van der Waals surface area contributed by atoms with Crippen molar-refractivity contribution in [3.63, 3.8) is 0 Å². The quantitative estimate of drug-likeness (QED) is 0.136. The van der Waals surface area contributed by atoms with Crippen LogP contribution in [0.15, 0.2) is 97.1 Å². The summed E-state index contributed by atoms with van der Waals surface area (Å²) in [5, 5.41) is 7.74. The van der Waals surface area contributed by atoms with E-state index in [1.165, 1.54) is 12.2 Å². The molecule has 2 aromatic carbocycles. The van der Waals surface area contributed by atoms with Gasteiger partial charge < -0.3 is 19.3 Å². The van der Waals surface area contributed by atoms with E-state index in [9.17, 15) is 19.2 Å². The van der Waals surface area contributed by atoms with Crippen molar-refractivity contribution >= 4 is 46.9 Å². The molecule has 2 rings (SSSR count). The van der Waals surface area contributed by atoms with Crippen LogP contribution in [0.25, 0.3) is 12.2 Å². The molecule has 208 valence electrons. The molecule has 0 unspecified atom stereocenters. The van der Waals surface area contributed by atoms with Gasteiger partial charge in [-0.2, -0.15) is 0 Å². The first-order valence-electron chi connectivity index (χ1n) is 11.6. The van der Waals surface area contributed by atoms with Crippen LogP contribution in [-0.2, 0) is 33.4 Å².